The Labute approximate surface area is 94.8 Å². The third-order valence-corrected chi connectivity index (χ3v) is 5.30. The van der Waals surface area contributed by atoms with E-state index < -0.39 is 0 Å². The Bertz CT molecular complexity index is 422. The number of nitriles is 1. The first-order valence-electron chi connectivity index (χ1n) is 6.09. The average Bonchev–Trinajstić information content (AvgIpc) is 2.55. The van der Waals surface area contributed by atoms with Crippen molar-refractivity contribution in [1.82, 2.24) is 0 Å². The maximum atomic E-state index is 11.9. The molecular weight excluding hydrogens is 202 g/mol. The van der Waals surface area contributed by atoms with Crippen LogP contribution in [0.5, 0.6) is 0 Å². The summed E-state index contributed by atoms with van der Waals surface area (Å²) < 4.78 is 0. The molecule has 3 nitrogen and oxygen atoms in total. The van der Waals surface area contributed by atoms with Gasteiger partial charge >= 0.3 is 0 Å². The van der Waals surface area contributed by atoms with Crippen LogP contribution < -0.4 is 0 Å². The molecule has 0 aromatic carbocycles. The quantitative estimate of drug-likeness (QED) is 0.623. The van der Waals surface area contributed by atoms with Crippen molar-refractivity contribution in [3.05, 3.63) is 0 Å². The van der Waals surface area contributed by atoms with E-state index in [1.807, 2.05) is 0 Å². The third kappa shape index (κ3) is 0.935. The maximum absolute atomic E-state index is 11.9. The van der Waals surface area contributed by atoms with Gasteiger partial charge in [0, 0.05) is 25.2 Å². The van der Waals surface area contributed by atoms with Crippen LogP contribution in [0.1, 0.15) is 44.9 Å². The second-order valence-corrected chi connectivity index (χ2v) is 5.61. The van der Waals surface area contributed by atoms with Crippen LogP contribution in [0, 0.1) is 28.1 Å². The van der Waals surface area contributed by atoms with Gasteiger partial charge in [0.25, 0.3) is 0 Å². The van der Waals surface area contributed by atoms with Crippen LogP contribution in [0.4, 0.5) is 0 Å². The first-order valence-corrected chi connectivity index (χ1v) is 6.09. The topological polar surface area (TPSA) is 57.9 Å². The molecule has 0 saturated heterocycles. The minimum Gasteiger partial charge on any atom is -0.300 e. The SMILES string of the molecule is N#C[C@@]12CCC(=O)C[C@H]3C(=O)CC[C@]31CC2. The zero-order chi connectivity index (χ0) is 11.4. The Kier molecular flexibility index (Phi) is 1.84. The van der Waals surface area contributed by atoms with E-state index in [9.17, 15) is 14.9 Å². The van der Waals surface area contributed by atoms with Crippen LogP contribution in [-0.2, 0) is 9.59 Å². The number of carbonyl (C=O) groups is 2. The predicted octanol–water partition coefficient (Wildman–Crippen LogP) is 2.01. The molecule has 0 radical (unpaired) electrons. The van der Waals surface area contributed by atoms with Crippen LogP contribution in [0.2, 0.25) is 0 Å². The normalized spacial score (nSPS) is 46.3. The van der Waals surface area contributed by atoms with Crippen LogP contribution in [0.25, 0.3) is 0 Å². The predicted molar refractivity (Wildman–Crippen MR) is 56.3 cm³/mol. The smallest absolute Gasteiger partial charge is 0.137 e. The molecule has 1 spiro atoms. The number of hydrogen-bond donors (Lipinski definition) is 0. The Hall–Kier alpha value is -1.17. The van der Waals surface area contributed by atoms with Gasteiger partial charge in [-0.2, -0.15) is 5.26 Å². The van der Waals surface area contributed by atoms with Gasteiger partial charge in [-0.3, -0.25) is 9.59 Å². The van der Waals surface area contributed by atoms with E-state index in [4.69, 9.17) is 0 Å². The van der Waals surface area contributed by atoms with E-state index >= 15 is 0 Å². The van der Waals surface area contributed by atoms with Crippen molar-refractivity contribution in [2.24, 2.45) is 16.7 Å². The summed E-state index contributed by atoms with van der Waals surface area (Å²) in [6.07, 6.45) is 4.89. The lowest BCUT2D eigenvalue weighted by Crippen LogP contribution is -2.52. The summed E-state index contributed by atoms with van der Waals surface area (Å²) in [5.41, 5.74) is -0.471. The van der Waals surface area contributed by atoms with Crippen molar-refractivity contribution >= 4 is 11.6 Å². The van der Waals surface area contributed by atoms with E-state index in [2.05, 4.69) is 6.07 Å². The molecule has 0 unspecified atom stereocenters. The molecule has 3 fully saturated rings. The number of Topliss-reactive ketones (excluding diaryl/α,β-unsaturated/α-hetero) is 2. The molecule has 3 rings (SSSR count). The molecule has 3 aliphatic rings. The molecule has 0 aromatic heterocycles. The number of nitrogens with zero attached hydrogens (tertiary/aromatic N) is 1. The average molecular weight is 217 g/mol. The lowest BCUT2D eigenvalue weighted by atomic mass is 9.45. The summed E-state index contributed by atoms with van der Waals surface area (Å²) in [6, 6.07) is 2.46. The minimum absolute atomic E-state index is 0.120. The number of hydrogen-bond acceptors (Lipinski definition) is 3. The van der Waals surface area contributed by atoms with E-state index in [1.54, 1.807) is 0 Å². The van der Waals surface area contributed by atoms with Crippen LogP contribution in [0.15, 0.2) is 0 Å². The van der Waals surface area contributed by atoms with Gasteiger partial charge in [-0.25, -0.2) is 0 Å². The molecule has 0 aliphatic heterocycles. The zero-order valence-electron chi connectivity index (χ0n) is 9.29. The van der Waals surface area contributed by atoms with E-state index in [0.29, 0.717) is 25.7 Å². The summed E-state index contributed by atoms with van der Waals surface area (Å²) in [6.45, 7) is 0. The summed E-state index contributed by atoms with van der Waals surface area (Å²) in [4.78, 5) is 23.6. The highest BCUT2D eigenvalue weighted by Gasteiger charge is 2.67. The number of rotatable bonds is 0. The Morgan fingerprint density at radius 2 is 1.94 bits per heavy atom. The third-order valence-electron chi connectivity index (χ3n) is 5.30. The van der Waals surface area contributed by atoms with Crippen LogP contribution in [0.3, 0.4) is 0 Å². The van der Waals surface area contributed by atoms with Crippen molar-refractivity contribution in [3.8, 4) is 6.07 Å². The maximum Gasteiger partial charge on any atom is 0.137 e. The summed E-state index contributed by atoms with van der Waals surface area (Å²) in [7, 11) is 0. The van der Waals surface area contributed by atoms with Gasteiger partial charge in [0.05, 0.1) is 11.5 Å². The van der Waals surface area contributed by atoms with Crippen molar-refractivity contribution in [2.75, 3.05) is 0 Å². The molecule has 3 heteroatoms. The lowest BCUT2D eigenvalue weighted by Gasteiger charge is -2.55. The van der Waals surface area contributed by atoms with E-state index in [1.165, 1.54) is 0 Å². The van der Waals surface area contributed by atoms with Crippen LogP contribution >= 0.6 is 0 Å². The summed E-state index contributed by atoms with van der Waals surface area (Å²) >= 11 is 0. The molecule has 16 heavy (non-hydrogen) atoms. The van der Waals surface area contributed by atoms with E-state index in [0.717, 1.165) is 19.3 Å². The second kappa shape index (κ2) is 2.94. The van der Waals surface area contributed by atoms with Gasteiger partial charge in [-0.1, -0.05) is 0 Å². The highest BCUT2D eigenvalue weighted by atomic mass is 16.1. The first kappa shape index (κ1) is 10.0. The standard InChI is InChI=1S/C13H15NO2/c14-8-12-3-1-9(15)7-10-11(16)2-4-13(10,12)6-5-12/h10H,1-7H2/t10-,12-,13-/m0/s1. The Balaban J connectivity index is 2.08. The molecule has 84 valence electrons. The fourth-order valence-corrected chi connectivity index (χ4v) is 4.21. The number of ketones is 2. The lowest BCUT2D eigenvalue weighted by molar-refractivity contribution is -0.132. The molecule has 0 N–H and O–H groups in total. The Morgan fingerprint density at radius 1 is 1.12 bits per heavy atom. The van der Waals surface area contributed by atoms with Crippen molar-refractivity contribution in [3.63, 3.8) is 0 Å². The largest absolute Gasteiger partial charge is 0.300 e. The Morgan fingerprint density at radius 3 is 2.56 bits per heavy atom. The van der Waals surface area contributed by atoms with E-state index in [-0.39, 0.29) is 28.3 Å². The second-order valence-electron chi connectivity index (χ2n) is 5.61. The molecule has 3 aliphatic carbocycles. The molecule has 0 heterocycles. The summed E-state index contributed by atoms with van der Waals surface area (Å²) in [5, 5.41) is 9.44. The summed E-state index contributed by atoms with van der Waals surface area (Å²) in [5.74, 6) is 0.286. The molecule has 3 atom stereocenters. The van der Waals surface area contributed by atoms with Gasteiger partial charge < -0.3 is 0 Å². The number of carbonyl (C=O) groups excluding carboxylic acids is 2. The van der Waals surface area contributed by atoms with Crippen molar-refractivity contribution in [2.45, 2.75) is 44.9 Å². The molecule has 3 saturated carbocycles. The first-order chi connectivity index (χ1) is 7.63. The van der Waals surface area contributed by atoms with Gasteiger partial charge in [0.2, 0.25) is 0 Å². The van der Waals surface area contributed by atoms with Crippen molar-refractivity contribution < 1.29 is 9.59 Å². The zero-order valence-corrected chi connectivity index (χ0v) is 9.29. The van der Waals surface area contributed by atoms with Crippen molar-refractivity contribution in [1.29, 1.82) is 5.26 Å². The minimum atomic E-state index is -0.351. The molecule has 0 bridgehead atoms. The highest BCUT2D eigenvalue weighted by Crippen LogP contribution is 2.69. The molecule has 0 aromatic rings. The van der Waals surface area contributed by atoms with Gasteiger partial charge in [0.1, 0.15) is 11.6 Å². The fourth-order valence-electron chi connectivity index (χ4n) is 4.21. The van der Waals surface area contributed by atoms with Gasteiger partial charge in [-0.05, 0) is 31.1 Å². The van der Waals surface area contributed by atoms with Gasteiger partial charge in [0.15, 0.2) is 0 Å². The molecule has 0 amide bonds. The van der Waals surface area contributed by atoms with Gasteiger partial charge in [-0.15, -0.1) is 0 Å². The fraction of sp³-hybridized carbons (Fsp3) is 0.769. The highest BCUT2D eigenvalue weighted by molar-refractivity contribution is 5.91. The molecular formula is C13H15NO2. The van der Waals surface area contributed by atoms with Crippen LogP contribution in [-0.4, -0.2) is 11.6 Å². The monoisotopic (exact) mass is 217 g/mol.